The van der Waals surface area contributed by atoms with Gasteiger partial charge in [0.05, 0.1) is 16.7 Å². The summed E-state index contributed by atoms with van der Waals surface area (Å²) in [6.45, 7) is 2.02. The summed E-state index contributed by atoms with van der Waals surface area (Å²) in [4.78, 5) is 24.3. The maximum Gasteiger partial charge on any atom is 0.341 e. The Morgan fingerprint density at radius 1 is 1.29 bits per heavy atom. The number of sulfone groups is 1. The van der Waals surface area contributed by atoms with Gasteiger partial charge in [0.15, 0.2) is 0 Å². The molecule has 1 amide bonds. The Bertz CT molecular complexity index is 748. The molecule has 2 rings (SSSR count). The maximum atomic E-state index is 12.5. The van der Waals surface area contributed by atoms with Gasteiger partial charge in [-0.3, -0.25) is 9.59 Å². The zero-order valence-electron chi connectivity index (χ0n) is 12.9. The quantitative estimate of drug-likeness (QED) is 0.859. The van der Waals surface area contributed by atoms with Crippen molar-refractivity contribution in [2.75, 3.05) is 13.1 Å². The number of carbonyl (C=O) groups is 2. The molecule has 1 saturated heterocycles. The zero-order valence-corrected chi connectivity index (χ0v) is 13.7. The summed E-state index contributed by atoms with van der Waals surface area (Å²) in [7, 11) is -4.66. The second kappa shape index (κ2) is 6.46. The zero-order chi connectivity index (χ0) is 18.1. The topological polar surface area (TPSA) is 91.8 Å². The van der Waals surface area contributed by atoms with Crippen LogP contribution in [0.5, 0.6) is 0 Å². The van der Waals surface area contributed by atoms with Crippen molar-refractivity contribution in [2.24, 2.45) is 5.41 Å². The molecule has 1 aromatic carbocycles. The number of alkyl halides is 2. The lowest BCUT2D eigenvalue weighted by molar-refractivity contribution is -0.147. The Morgan fingerprint density at radius 2 is 1.88 bits per heavy atom. The minimum atomic E-state index is -4.66. The van der Waals surface area contributed by atoms with Gasteiger partial charge in [0.25, 0.3) is 0 Å². The molecule has 1 aromatic rings. The lowest BCUT2D eigenvalue weighted by Gasteiger charge is -2.20. The fourth-order valence-corrected chi connectivity index (χ4v) is 3.26. The first-order valence-corrected chi connectivity index (χ1v) is 8.73. The van der Waals surface area contributed by atoms with Gasteiger partial charge in [-0.15, -0.1) is 0 Å². The summed E-state index contributed by atoms with van der Waals surface area (Å²) in [5.41, 5.74) is -0.498. The van der Waals surface area contributed by atoms with Gasteiger partial charge in [-0.25, -0.2) is 8.42 Å². The lowest BCUT2D eigenvalue weighted by Crippen LogP contribution is -2.35. The van der Waals surface area contributed by atoms with Crippen LogP contribution in [-0.4, -0.2) is 49.1 Å². The highest BCUT2D eigenvalue weighted by Crippen LogP contribution is 2.30. The molecule has 6 nitrogen and oxygen atoms in total. The van der Waals surface area contributed by atoms with Crippen molar-refractivity contribution >= 4 is 21.7 Å². The number of rotatable bonds is 5. The van der Waals surface area contributed by atoms with Gasteiger partial charge in [0.2, 0.25) is 15.7 Å². The van der Waals surface area contributed by atoms with Crippen LogP contribution in [0, 0.1) is 5.41 Å². The van der Waals surface area contributed by atoms with Crippen LogP contribution >= 0.6 is 0 Å². The number of carbonyl (C=O) groups excluding carboxylic acids is 1. The molecular weight excluding hydrogens is 344 g/mol. The molecule has 9 heteroatoms. The van der Waals surface area contributed by atoms with Crippen LogP contribution in [0.2, 0.25) is 0 Å². The van der Waals surface area contributed by atoms with Crippen molar-refractivity contribution in [3.8, 4) is 0 Å². The fraction of sp³-hybridized carbons (Fsp3) is 0.467. The van der Waals surface area contributed by atoms with Crippen molar-refractivity contribution in [1.82, 2.24) is 4.90 Å². The number of amides is 1. The molecule has 132 valence electrons. The third-order valence-corrected chi connectivity index (χ3v) is 5.58. The van der Waals surface area contributed by atoms with Gasteiger partial charge in [0.1, 0.15) is 0 Å². The van der Waals surface area contributed by atoms with Crippen molar-refractivity contribution in [3.63, 3.8) is 0 Å². The van der Waals surface area contributed by atoms with Gasteiger partial charge in [0, 0.05) is 13.1 Å². The summed E-state index contributed by atoms with van der Waals surface area (Å²) >= 11 is 0. The Labute approximate surface area is 138 Å². The predicted octanol–water partition coefficient (Wildman–Crippen LogP) is 1.55. The Balaban J connectivity index is 2.05. The van der Waals surface area contributed by atoms with E-state index < -0.39 is 31.9 Å². The number of halogens is 2. The normalized spacial score (nSPS) is 21.2. The Hall–Kier alpha value is -2.03. The molecule has 1 unspecified atom stereocenters. The predicted molar refractivity (Wildman–Crippen MR) is 80.3 cm³/mol. The molecule has 1 N–H and O–H groups in total. The third kappa shape index (κ3) is 3.55. The van der Waals surface area contributed by atoms with E-state index in [2.05, 4.69) is 0 Å². The number of aliphatic carboxylic acids is 1. The van der Waals surface area contributed by atoms with Crippen molar-refractivity contribution in [1.29, 1.82) is 0 Å². The number of carboxylic acid groups (broad SMARTS) is 1. The summed E-state index contributed by atoms with van der Waals surface area (Å²) < 4.78 is 47.6. The summed E-state index contributed by atoms with van der Waals surface area (Å²) in [5, 5.41) is 9.16. The van der Waals surface area contributed by atoms with E-state index in [9.17, 15) is 26.8 Å². The van der Waals surface area contributed by atoms with E-state index in [1.165, 1.54) is 17.0 Å². The molecule has 0 aromatic heterocycles. The average molecular weight is 361 g/mol. The van der Waals surface area contributed by atoms with Gasteiger partial charge in [-0.2, -0.15) is 8.78 Å². The summed E-state index contributed by atoms with van der Waals surface area (Å²) in [6, 6.07) is 4.68. The number of benzene rings is 1. The highest BCUT2D eigenvalue weighted by Gasteiger charge is 2.41. The van der Waals surface area contributed by atoms with Crippen LogP contribution in [0.25, 0.3) is 0 Å². The number of hydrogen-bond donors (Lipinski definition) is 1. The Kier molecular flexibility index (Phi) is 4.93. The van der Waals surface area contributed by atoms with Gasteiger partial charge in [-0.05, 0) is 31.0 Å². The highest BCUT2D eigenvalue weighted by molar-refractivity contribution is 7.91. The van der Waals surface area contributed by atoms with Crippen LogP contribution in [0.3, 0.4) is 0 Å². The first-order valence-electron chi connectivity index (χ1n) is 7.18. The van der Waals surface area contributed by atoms with Gasteiger partial charge >= 0.3 is 11.7 Å². The standard InChI is InChI=1S/C15H17F2NO5S/c1-15(13(20)21)6-7-18(9-15)12(19)8-10-2-4-11(5-3-10)24(22,23)14(16)17/h2-5,14H,6-9H2,1H3,(H,20,21). The number of likely N-dealkylation sites (tertiary alicyclic amines) is 1. The van der Waals surface area contributed by atoms with E-state index in [4.69, 9.17) is 5.11 Å². The van der Waals surface area contributed by atoms with E-state index in [1.807, 2.05) is 0 Å². The third-order valence-electron chi connectivity index (χ3n) is 4.18. The van der Waals surface area contributed by atoms with E-state index >= 15 is 0 Å². The molecule has 1 heterocycles. The summed E-state index contributed by atoms with van der Waals surface area (Å²) in [5.74, 6) is -4.74. The molecule has 0 aliphatic carbocycles. The smallest absolute Gasteiger partial charge is 0.341 e. The van der Waals surface area contributed by atoms with Crippen LogP contribution < -0.4 is 0 Å². The van der Waals surface area contributed by atoms with E-state index in [-0.39, 0.29) is 18.9 Å². The molecule has 1 aliphatic heterocycles. The van der Waals surface area contributed by atoms with Crippen molar-refractivity contribution < 1.29 is 31.9 Å². The lowest BCUT2D eigenvalue weighted by atomic mass is 9.90. The number of hydrogen-bond acceptors (Lipinski definition) is 4. The van der Waals surface area contributed by atoms with Crippen molar-refractivity contribution in [3.05, 3.63) is 29.8 Å². The molecule has 1 aliphatic rings. The first kappa shape index (κ1) is 18.3. The molecule has 0 spiro atoms. The fourth-order valence-electron chi connectivity index (χ4n) is 2.53. The van der Waals surface area contributed by atoms with Gasteiger partial charge in [-0.1, -0.05) is 12.1 Å². The van der Waals surface area contributed by atoms with E-state index in [1.54, 1.807) is 6.92 Å². The van der Waals surface area contributed by atoms with Crippen LogP contribution in [0.4, 0.5) is 8.78 Å². The second-order valence-electron chi connectivity index (χ2n) is 6.06. The SMILES string of the molecule is CC1(C(=O)O)CCN(C(=O)Cc2ccc(S(=O)(=O)C(F)F)cc2)C1. The molecule has 0 saturated carbocycles. The van der Waals surface area contributed by atoms with Crippen LogP contribution in [0.15, 0.2) is 29.2 Å². The largest absolute Gasteiger partial charge is 0.481 e. The molecule has 24 heavy (non-hydrogen) atoms. The number of nitrogens with zero attached hydrogens (tertiary/aromatic N) is 1. The average Bonchev–Trinajstić information content (AvgIpc) is 2.92. The van der Waals surface area contributed by atoms with Crippen molar-refractivity contribution in [2.45, 2.75) is 30.4 Å². The Morgan fingerprint density at radius 3 is 2.33 bits per heavy atom. The highest BCUT2D eigenvalue weighted by atomic mass is 32.2. The minimum absolute atomic E-state index is 0.0509. The summed E-state index contributed by atoms with van der Waals surface area (Å²) in [6.07, 6.45) is 0.310. The minimum Gasteiger partial charge on any atom is -0.481 e. The molecular formula is C15H17F2NO5S. The van der Waals surface area contributed by atoms with Crippen LogP contribution in [-0.2, 0) is 25.8 Å². The molecule has 0 radical (unpaired) electrons. The van der Waals surface area contributed by atoms with E-state index in [0.29, 0.717) is 18.5 Å². The molecule has 0 bridgehead atoms. The van der Waals surface area contributed by atoms with Gasteiger partial charge < -0.3 is 10.0 Å². The maximum absolute atomic E-state index is 12.5. The monoisotopic (exact) mass is 361 g/mol. The van der Waals surface area contributed by atoms with Crippen LogP contribution in [0.1, 0.15) is 18.9 Å². The second-order valence-corrected chi connectivity index (χ2v) is 7.98. The molecule has 1 atom stereocenters. The molecule has 1 fully saturated rings. The number of carboxylic acids is 1. The van der Waals surface area contributed by atoms with E-state index in [0.717, 1.165) is 12.1 Å². The first-order chi connectivity index (χ1) is 11.1.